The highest BCUT2D eigenvalue weighted by Gasteiger charge is 2.21. The second-order valence-electron chi connectivity index (χ2n) is 5.18. The SMILES string of the molecule is CCc1ccc2c(c1)NCC(c1ccc(C)c(F)c1)O2. The van der Waals surface area contributed by atoms with Crippen molar-refractivity contribution in [1.29, 1.82) is 0 Å². The molecule has 0 saturated carbocycles. The zero-order valence-corrected chi connectivity index (χ0v) is 11.7. The molecule has 0 amide bonds. The van der Waals surface area contributed by atoms with E-state index in [1.54, 1.807) is 19.1 Å². The van der Waals surface area contributed by atoms with Crippen LogP contribution in [0, 0.1) is 12.7 Å². The molecule has 0 aromatic heterocycles. The van der Waals surface area contributed by atoms with E-state index in [0.717, 1.165) is 23.4 Å². The highest BCUT2D eigenvalue weighted by Crippen LogP contribution is 2.35. The predicted octanol–water partition coefficient (Wildman–Crippen LogP) is 4.24. The van der Waals surface area contributed by atoms with Gasteiger partial charge >= 0.3 is 0 Å². The van der Waals surface area contributed by atoms with Gasteiger partial charge in [0.05, 0.1) is 12.2 Å². The fraction of sp³-hybridized carbons (Fsp3) is 0.294. The fourth-order valence-corrected chi connectivity index (χ4v) is 2.43. The molecule has 0 saturated heterocycles. The summed E-state index contributed by atoms with van der Waals surface area (Å²) in [5.41, 5.74) is 3.82. The molecular formula is C17H18FNO. The average molecular weight is 271 g/mol. The van der Waals surface area contributed by atoms with Gasteiger partial charge < -0.3 is 10.1 Å². The molecule has 20 heavy (non-hydrogen) atoms. The number of hydrogen-bond acceptors (Lipinski definition) is 2. The van der Waals surface area contributed by atoms with Crippen LogP contribution >= 0.6 is 0 Å². The quantitative estimate of drug-likeness (QED) is 0.882. The van der Waals surface area contributed by atoms with E-state index in [9.17, 15) is 4.39 Å². The fourth-order valence-electron chi connectivity index (χ4n) is 2.43. The molecule has 0 aliphatic carbocycles. The van der Waals surface area contributed by atoms with Crippen molar-refractivity contribution in [2.24, 2.45) is 0 Å². The van der Waals surface area contributed by atoms with E-state index in [1.165, 1.54) is 5.56 Å². The molecule has 1 unspecified atom stereocenters. The van der Waals surface area contributed by atoms with E-state index in [2.05, 4.69) is 24.4 Å². The Morgan fingerprint density at radius 1 is 1.25 bits per heavy atom. The first-order valence-corrected chi connectivity index (χ1v) is 6.97. The minimum atomic E-state index is -0.182. The summed E-state index contributed by atoms with van der Waals surface area (Å²) in [4.78, 5) is 0. The van der Waals surface area contributed by atoms with Crippen molar-refractivity contribution in [3.8, 4) is 5.75 Å². The van der Waals surface area contributed by atoms with Crippen LogP contribution < -0.4 is 10.1 Å². The maximum atomic E-state index is 13.7. The van der Waals surface area contributed by atoms with Gasteiger partial charge in [-0.3, -0.25) is 0 Å². The number of ether oxygens (including phenoxy) is 1. The first-order valence-electron chi connectivity index (χ1n) is 6.97. The number of anilines is 1. The van der Waals surface area contributed by atoms with E-state index >= 15 is 0 Å². The Morgan fingerprint density at radius 2 is 2.10 bits per heavy atom. The third-order valence-electron chi connectivity index (χ3n) is 3.77. The first-order chi connectivity index (χ1) is 9.67. The summed E-state index contributed by atoms with van der Waals surface area (Å²) >= 11 is 0. The van der Waals surface area contributed by atoms with Crippen LogP contribution in [0.5, 0.6) is 5.75 Å². The largest absolute Gasteiger partial charge is 0.482 e. The Labute approximate surface area is 118 Å². The number of aryl methyl sites for hydroxylation is 2. The average Bonchev–Trinajstić information content (AvgIpc) is 2.49. The molecule has 1 atom stereocenters. The number of halogens is 1. The Kier molecular flexibility index (Phi) is 3.35. The van der Waals surface area contributed by atoms with Crippen molar-refractivity contribution in [3.05, 3.63) is 58.9 Å². The highest BCUT2D eigenvalue weighted by atomic mass is 19.1. The van der Waals surface area contributed by atoms with Crippen LogP contribution in [0.4, 0.5) is 10.1 Å². The van der Waals surface area contributed by atoms with Crippen molar-refractivity contribution >= 4 is 5.69 Å². The molecule has 0 fully saturated rings. The van der Waals surface area contributed by atoms with Gasteiger partial charge in [-0.25, -0.2) is 4.39 Å². The zero-order chi connectivity index (χ0) is 14.1. The molecule has 3 rings (SSSR count). The number of nitrogens with one attached hydrogen (secondary N) is 1. The lowest BCUT2D eigenvalue weighted by molar-refractivity contribution is 0.210. The lowest BCUT2D eigenvalue weighted by Crippen LogP contribution is -2.23. The van der Waals surface area contributed by atoms with Crippen molar-refractivity contribution in [2.45, 2.75) is 26.4 Å². The smallest absolute Gasteiger partial charge is 0.143 e. The molecule has 1 N–H and O–H groups in total. The molecule has 104 valence electrons. The predicted molar refractivity (Wildman–Crippen MR) is 78.8 cm³/mol. The minimum Gasteiger partial charge on any atom is -0.482 e. The topological polar surface area (TPSA) is 21.3 Å². The minimum absolute atomic E-state index is 0.148. The molecule has 2 aromatic carbocycles. The molecule has 1 aliphatic rings. The van der Waals surface area contributed by atoms with Gasteiger partial charge in [-0.2, -0.15) is 0 Å². The van der Waals surface area contributed by atoms with E-state index in [0.29, 0.717) is 12.1 Å². The van der Waals surface area contributed by atoms with E-state index in [-0.39, 0.29) is 11.9 Å². The van der Waals surface area contributed by atoms with Crippen molar-refractivity contribution < 1.29 is 9.13 Å². The second kappa shape index (κ2) is 5.16. The molecular weight excluding hydrogens is 253 g/mol. The molecule has 1 aliphatic heterocycles. The monoisotopic (exact) mass is 271 g/mol. The van der Waals surface area contributed by atoms with Crippen LogP contribution in [0.1, 0.15) is 29.7 Å². The Morgan fingerprint density at radius 3 is 2.85 bits per heavy atom. The lowest BCUT2D eigenvalue weighted by atomic mass is 10.0. The zero-order valence-electron chi connectivity index (χ0n) is 11.7. The molecule has 3 heteroatoms. The van der Waals surface area contributed by atoms with Gasteiger partial charge in [-0.15, -0.1) is 0 Å². The van der Waals surface area contributed by atoms with Crippen molar-refractivity contribution in [3.63, 3.8) is 0 Å². The summed E-state index contributed by atoms with van der Waals surface area (Å²) < 4.78 is 19.6. The maximum Gasteiger partial charge on any atom is 0.143 e. The van der Waals surface area contributed by atoms with Crippen LogP contribution in [0.15, 0.2) is 36.4 Å². The Bertz CT molecular complexity index is 639. The van der Waals surface area contributed by atoms with Gasteiger partial charge in [0, 0.05) is 0 Å². The number of rotatable bonds is 2. The molecule has 0 radical (unpaired) electrons. The molecule has 0 bridgehead atoms. The maximum absolute atomic E-state index is 13.7. The van der Waals surface area contributed by atoms with Gasteiger partial charge in [-0.1, -0.05) is 25.1 Å². The summed E-state index contributed by atoms with van der Waals surface area (Å²) in [5, 5.41) is 3.37. The first kappa shape index (κ1) is 13.0. The lowest BCUT2D eigenvalue weighted by Gasteiger charge is -2.28. The van der Waals surface area contributed by atoms with Crippen LogP contribution in [0.2, 0.25) is 0 Å². The van der Waals surface area contributed by atoms with Gasteiger partial charge in [0.1, 0.15) is 17.7 Å². The van der Waals surface area contributed by atoms with Crippen LogP contribution in [0.25, 0.3) is 0 Å². The van der Waals surface area contributed by atoms with Gasteiger partial charge in [0.2, 0.25) is 0 Å². The molecule has 0 spiro atoms. The van der Waals surface area contributed by atoms with Gasteiger partial charge in [0.15, 0.2) is 0 Å². The molecule has 1 heterocycles. The molecule has 2 aromatic rings. The van der Waals surface area contributed by atoms with Crippen LogP contribution in [-0.2, 0) is 6.42 Å². The third-order valence-corrected chi connectivity index (χ3v) is 3.77. The molecule has 2 nitrogen and oxygen atoms in total. The van der Waals surface area contributed by atoms with E-state index in [4.69, 9.17) is 4.74 Å². The van der Waals surface area contributed by atoms with Crippen molar-refractivity contribution in [2.75, 3.05) is 11.9 Å². The van der Waals surface area contributed by atoms with Crippen LogP contribution in [-0.4, -0.2) is 6.54 Å². The number of hydrogen-bond donors (Lipinski definition) is 1. The highest BCUT2D eigenvalue weighted by molar-refractivity contribution is 5.60. The van der Waals surface area contributed by atoms with Crippen LogP contribution in [0.3, 0.4) is 0 Å². The standard InChI is InChI=1S/C17H18FNO/c1-3-12-5-7-16-15(8-12)19-10-17(20-16)13-6-4-11(2)14(18)9-13/h4-9,17,19H,3,10H2,1-2H3. The summed E-state index contributed by atoms with van der Waals surface area (Å²) in [5.74, 6) is 0.651. The van der Waals surface area contributed by atoms with Gasteiger partial charge in [0.25, 0.3) is 0 Å². The summed E-state index contributed by atoms with van der Waals surface area (Å²) in [6.07, 6.45) is 0.853. The Balaban J connectivity index is 1.86. The van der Waals surface area contributed by atoms with Crippen molar-refractivity contribution in [1.82, 2.24) is 0 Å². The summed E-state index contributed by atoms with van der Waals surface area (Å²) in [6, 6.07) is 11.4. The van der Waals surface area contributed by atoms with Gasteiger partial charge in [-0.05, 0) is 48.2 Å². The van der Waals surface area contributed by atoms with E-state index in [1.807, 2.05) is 12.1 Å². The number of fused-ring (bicyclic) bond motifs is 1. The van der Waals surface area contributed by atoms with E-state index < -0.39 is 0 Å². The second-order valence-corrected chi connectivity index (χ2v) is 5.18. The third kappa shape index (κ3) is 2.36. The number of benzene rings is 2. The normalized spacial score (nSPS) is 17.1. The summed E-state index contributed by atoms with van der Waals surface area (Å²) in [7, 11) is 0. The summed E-state index contributed by atoms with van der Waals surface area (Å²) in [6.45, 7) is 4.55. The Hall–Kier alpha value is -2.03.